The molecule has 4 nitrogen and oxygen atoms in total. The SMILES string of the molecule is Clc1ccccc1Nc1ncc2c(n1)CNCC2. The minimum absolute atomic E-state index is 0.588. The fraction of sp³-hybridized carbons (Fsp3) is 0.231. The van der Waals surface area contributed by atoms with Crippen LogP contribution in [0.4, 0.5) is 11.6 Å². The third-order valence-electron chi connectivity index (χ3n) is 2.94. The number of anilines is 2. The Bertz CT molecular complexity index is 571. The summed E-state index contributed by atoms with van der Waals surface area (Å²) >= 11 is 6.09. The van der Waals surface area contributed by atoms with E-state index in [0.29, 0.717) is 11.0 Å². The Hall–Kier alpha value is -1.65. The maximum atomic E-state index is 6.09. The Balaban J connectivity index is 1.87. The summed E-state index contributed by atoms with van der Waals surface area (Å²) in [5, 5.41) is 7.10. The number of hydrogen-bond donors (Lipinski definition) is 2. The molecule has 0 spiro atoms. The van der Waals surface area contributed by atoms with Gasteiger partial charge >= 0.3 is 0 Å². The summed E-state index contributed by atoms with van der Waals surface area (Å²) in [5.41, 5.74) is 3.10. The molecule has 5 heteroatoms. The van der Waals surface area contributed by atoms with Crippen LogP contribution in [0.25, 0.3) is 0 Å². The van der Waals surface area contributed by atoms with Gasteiger partial charge in [0.15, 0.2) is 0 Å². The maximum Gasteiger partial charge on any atom is 0.227 e. The molecule has 1 aliphatic heterocycles. The predicted molar refractivity (Wildman–Crippen MR) is 72.2 cm³/mol. The molecule has 0 atom stereocenters. The molecule has 0 bridgehead atoms. The molecule has 0 fully saturated rings. The molecule has 0 aliphatic carbocycles. The van der Waals surface area contributed by atoms with E-state index in [9.17, 15) is 0 Å². The zero-order valence-corrected chi connectivity index (χ0v) is 10.5. The number of para-hydroxylation sites is 1. The largest absolute Gasteiger partial charge is 0.323 e. The molecule has 1 aromatic carbocycles. The van der Waals surface area contributed by atoms with Gasteiger partial charge in [-0.25, -0.2) is 9.97 Å². The summed E-state index contributed by atoms with van der Waals surface area (Å²) in [6, 6.07) is 7.56. The lowest BCUT2D eigenvalue weighted by Gasteiger charge is -2.16. The lowest BCUT2D eigenvalue weighted by molar-refractivity contribution is 0.624. The molecule has 2 aromatic rings. The third-order valence-corrected chi connectivity index (χ3v) is 3.27. The topological polar surface area (TPSA) is 49.8 Å². The van der Waals surface area contributed by atoms with E-state index in [2.05, 4.69) is 20.6 Å². The molecule has 0 amide bonds. The molecule has 92 valence electrons. The number of fused-ring (bicyclic) bond motifs is 1. The van der Waals surface area contributed by atoms with Gasteiger partial charge in [0.05, 0.1) is 16.4 Å². The fourth-order valence-corrected chi connectivity index (χ4v) is 2.16. The highest BCUT2D eigenvalue weighted by Crippen LogP contribution is 2.23. The number of aromatic nitrogens is 2. The van der Waals surface area contributed by atoms with E-state index in [-0.39, 0.29) is 0 Å². The van der Waals surface area contributed by atoms with Crippen molar-refractivity contribution in [1.82, 2.24) is 15.3 Å². The minimum atomic E-state index is 0.588. The van der Waals surface area contributed by atoms with Crippen LogP contribution < -0.4 is 10.6 Å². The molecule has 2 N–H and O–H groups in total. The van der Waals surface area contributed by atoms with Gasteiger partial charge in [-0.05, 0) is 30.7 Å². The Morgan fingerprint density at radius 1 is 1.28 bits per heavy atom. The summed E-state index contributed by atoms with van der Waals surface area (Å²) in [6.07, 6.45) is 2.88. The van der Waals surface area contributed by atoms with Crippen LogP contribution in [0.5, 0.6) is 0 Å². The zero-order valence-electron chi connectivity index (χ0n) is 9.78. The molecule has 0 saturated carbocycles. The van der Waals surface area contributed by atoms with Gasteiger partial charge in [0.1, 0.15) is 0 Å². The van der Waals surface area contributed by atoms with E-state index in [1.165, 1.54) is 5.56 Å². The third kappa shape index (κ3) is 2.30. The number of nitrogens with one attached hydrogen (secondary N) is 2. The highest BCUT2D eigenvalue weighted by molar-refractivity contribution is 6.33. The Labute approximate surface area is 110 Å². The predicted octanol–water partition coefficient (Wildman–Crippen LogP) is 2.52. The van der Waals surface area contributed by atoms with E-state index >= 15 is 0 Å². The van der Waals surface area contributed by atoms with Crippen molar-refractivity contribution in [2.45, 2.75) is 13.0 Å². The maximum absolute atomic E-state index is 6.09. The van der Waals surface area contributed by atoms with Gasteiger partial charge in [0.25, 0.3) is 0 Å². The summed E-state index contributed by atoms with van der Waals surface area (Å²) in [7, 11) is 0. The van der Waals surface area contributed by atoms with E-state index in [4.69, 9.17) is 11.6 Å². The highest BCUT2D eigenvalue weighted by Gasteiger charge is 2.11. The molecule has 2 heterocycles. The zero-order chi connectivity index (χ0) is 12.4. The van der Waals surface area contributed by atoms with Crippen molar-refractivity contribution in [3.8, 4) is 0 Å². The molecule has 0 saturated heterocycles. The lowest BCUT2D eigenvalue weighted by Crippen LogP contribution is -2.25. The molecule has 1 aliphatic rings. The van der Waals surface area contributed by atoms with Crippen molar-refractivity contribution in [3.63, 3.8) is 0 Å². The van der Waals surface area contributed by atoms with Crippen molar-refractivity contribution in [2.75, 3.05) is 11.9 Å². The number of hydrogen-bond acceptors (Lipinski definition) is 4. The van der Waals surface area contributed by atoms with Gasteiger partial charge in [-0.2, -0.15) is 0 Å². The monoisotopic (exact) mass is 260 g/mol. The highest BCUT2D eigenvalue weighted by atomic mass is 35.5. The van der Waals surface area contributed by atoms with Crippen LogP contribution in [0.3, 0.4) is 0 Å². The van der Waals surface area contributed by atoms with E-state index in [0.717, 1.165) is 30.9 Å². The molecule has 0 radical (unpaired) electrons. The average molecular weight is 261 g/mol. The first-order chi connectivity index (χ1) is 8.83. The van der Waals surface area contributed by atoms with Gasteiger partial charge in [-0.15, -0.1) is 0 Å². The fourth-order valence-electron chi connectivity index (χ4n) is 1.98. The molecular weight excluding hydrogens is 248 g/mol. The Kier molecular flexibility index (Phi) is 3.13. The van der Waals surface area contributed by atoms with Gasteiger partial charge < -0.3 is 10.6 Å². The second kappa shape index (κ2) is 4.92. The number of nitrogens with zero attached hydrogens (tertiary/aromatic N) is 2. The molecule has 1 aromatic heterocycles. The van der Waals surface area contributed by atoms with Gasteiger partial charge in [0.2, 0.25) is 5.95 Å². The smallest absolute Gasteiger partial charge is 0.227 e. The van der Waals surface area contributed by atoms with Crippen LogP contribution in [0, 0.1) is 0 Å². The quantitative estimate of drug-likeness (QED) is 0.871. The van der Waals surface area contributed by atoms with Crippen LogP contribution in [0.15, 0.2) is 30.5 Å². The first-order valence-electron chi connectivity index (χ1n) is 5.90. The van der Waals surface area contributed by atoms with Crippen LogP contribution in [-0.4, -0.2) is 16.5 Å². The number of rotatable bonds is 2. The van der Waals surface area contributed by atoms with Gasteiger partial charge in [-0.3, -0.25) is 0 Å². The summed E-state index contributed by atoms with van der Waals surface area (Å²) in [4.78, 5) is 8.83. The van der Waals surface area contributed by atoms with Crippen LogP contribution in [0.1, 0.15) is 11.3 Å². The molecular formula is C13H13ClN4. The average Bonchev–Trinajstić information content (AvgIpc) is 2.41. The first-order valence-corrected chi connectivity index (χ1v) is 6.28. The molecule has 0 unspecified atom stereocenters. The lowest BCUT2D eigenvalue weighted by atomic mass is 10.1. The number of halogens is 1. The number of benzene rings is 1. The second-order valence-electron chi connectivity index (χ2n) is 4.20. The second-order valence-corrected chi connectivity index (χ2v) is 4.60. The van der Waals surface area contributed by atoms with Crippen molar-refractivity contribution >= 4 is 23.2 Å². The van der Waals surface area contributed by atoms with Crippen molar-refractivity contribution in [1.29, 1.82) is 0 Å². The van der Waals surface area contributed by atoms with Crippen LogP contribution in [-0.2, 0) is 13.0 Å². The van der Waals surface area contributed by atoms with Crippen molar-refractivity contribution < 1.29 is 0 Å². The molecule has 18 heavy (non-hydrogen) atoms. The van der Waals surface area contributed by atoms with E-state index in [1.807, 2.05) is 30.5 Å². The standard InChI is InChI=1S/C13H13ClN4/c14-10-3-1-2-4-11(10)17-13-16-7-9-5-6-15-8-12(9)18-13/h1-4,7,15H,5-6,8H2,(H,16,17,18). The summed E-state index contributed by atoms with van der Waals surface area (Å²) in [6.45, 7) is 1.79. The van der Waals surface area contributed by atoms with Crippen molar-refractivity contribution in [2.24, 2.45) is 0 Å². The first kappa shape index (κ1) is 11.4. The Morgan fingerprint density at radius 2 is 2.17 bits per heavy atom. The van der Waals surface area contributed by atoms with Crippen LogP contribution in [0.2, 0.25) is 5.02 Å². The van der Waals surface area contributed by atoms with Crippen LogP contribution >= 0.6 is 11.6 Å². The summed E-state index contributed by atoms with van der Waals surface area (Å²) in [5.74, 6) is 0.588. The Morgan fingerprint density at radius 3 is 3.06 bits per heavy atom. The van der Waals surface area contributed by atoms with Gasteiger partial charge in [0, 0.05) is 12.7 Å². The minimum Gasteiger partial charge on any atom is -0.323 e. The van der Waals surface area contributed by atoms with Gasteiger partial charge in [-0.1, -0.05) is 23.7 Å². The van der Waals surface area contributed by atoms with E-state index < -0.39 is 0 Å². The van der Waals surface area contributed by atoms with E-state index in [1.54, 1.807) is 0 Å². The van der Waals surface area contributed by atoms with Crippen molar-refractivity contribution in [3.05, 3.63) is 46.7 Å². The molecule has 3 rings (SSSR count). The normalized spacial score (nSPS) is 14.1. The summed E-state index contributed by atoms with van der Waals surface area (Å²) < 4.78 is 0.